The molecule has 178 valence electrons. The third-order valence-electron chi connectivity index (χ3n) is 6.26. The van der Waals surface area contributed by atoms with Gasteiger partial charge in [0.2, 0.25) is 5.91 Å². The lowest BCUT2D eigenvalue weighted by Crippen LogP contribution is -2.42. The number of aryl methyl sites for hydroxylation is 1. The van der Waals surface area contributed by atoms with Crippen LogP contribution in [0.4, 0.5) is 15.6 Å². The first-order valence-corrected chi connectivity index (χ1v) is 12.5. The standard InChI is InChI=1S/C25H34N4O3S/c1-16-22(19-6-7-20-18(15-19)10-11-28(20)5)27-23(33-16)26-21(30)14-17-8-12-29(13-9-17)24(31)32-25(2,3)4/h6-7,15,17H,8-14H2,1-5H3,(H,26,27,30). The number of likely N-dealkylation sites (tertiary alicyclic amines) is 1. The number of hydrogen-bond acceptors (Lipinski definition) is 6. The van der Waals surface area contributed by atoms with E-state index in [9.17, 15) is 9.59 Å². The molecule has 8 heteroatoms. The Bertz CT molecular complexity index is 1030. The predicted molar refractivity (Wildman–Crippen MR) is 133 cm³/mol. The topological polar surface area (TPSA) is 74.8 Å². The first-order chi connectivity index (χ1) is 15.6. The van der Waals surface area contributed by atoms with E-state index in [0.29, 0.717) is 24.6 Å². The van der Waals surface area contributed by atoms with Gasteiger partial charge in [-0.25, -0.2) is 9.78 Å². The van der Waals surface area contributed by atoms with Gasteiger partial charge < -0.3 is 19.9 Å². The van der Waals surface area contributed by atoms with Crippen LogP contribution < -0.4 is 10.2 Å². The number of aromatic nitrogens is 1. The summed E-state index contributed by atoms with van der Waals surface area (Å²) < 4.78 is 5.45. The summed E-state index contributed by atoms with van der Waals surface area (Å²) in [5, 5.41) is 3.65. The molecule has 7 nitrogen and oxygen atoms in total. The average molecular weight is 471 g/mol. The van der Waals surface area contributed by atoms with E-state index < -0.39 is 5.60 Å². The Kier molecular flexibility index (Phi) is 6.66. The minimum atomic E-state index is -0.491. The highest BCUT2D eigenvalue weighted by Crippen LogP contribution is 2.35. The summed E-state index contributed by atoms with van der Waals surface area (Å²) in [6.07, 6.45) is 2.84. The number of rotatable bonds is 4. The Morgan fingerprint density at radius 3 is 2.64 bits per heavy atom. The van der Waals surface area contributed by atoms with Gasteiger partial charge in [-0.15, -0.1) is 11.3 Å². The van der Waals surface area contributed by atoms with E-state index in [4.69, 9.17) is 9.72 Å². The molecule has 2 aliphatic rings. The van der Waals surface area contributed by atoms with Crippen LogP contribution in [0.15, 0.2) is 18.2 Å². The molecular weight excluding hydrogens is 436 g/mol. The third-order valence-corrected chi connectivity index (χ3v) is 7.15. The van der Waals surface area contributed by atoms with Crippen molar-refractivity contribution >= 4 is 34.2 Å². The largest absolute Gasteiger partial charge is 0.444 e. The van der Waals surface area contributed by atoms with Crippen LogP contribution in [0.3, 0.4) is 0 Å². The number of nitrogens with one attached hydrogen (secondary N) is 1. The summed E-state index contributed by atoms with van der Waals surface area (Å²) in [6, 6.07) is 6.51. The molecule has 1 aromatic carbocycles. The van der Waals surface area contributed by atoms with Gasteiger partial charge in [0.05, 0.1) is 5.69 Å². The van der Waals surface area contributed by atoms with Crippen molar-refractivity contribution in [3.8, 4) is 11.3 Å². The Morgan fingerprint density at radius 2 is 1.94 bits per heavy atom. The van der Waals surface area contributed by atoms with Gasteiger partial charge in [0, 0.05) is 49.2 Å². The van der Waals surface area contributed by atoms with Crippen LogP contribution in [0.2, 0.25) is 0 Å². The summed E-state index contributed by atoms with van der Waals surface area (Å²) in [6.45, 7) is 9.97. The third kappa shape index (κ3) is 5.66. The van der Waals surface area contributed by atoms with Gasteiger partial charge >= 0.3 is 6.09 Å². The molecular formula is C25H34N4O3S. The molecule has 4 rings (SSSR count). The lowest BCUT2D eigenvalue weighted by molar-refractivity contribution is -0.117. The smallest absolute Gasteiger partial charge is 0.410 e. The maximum absolute atomic E-state index is 12.7. The highest BCUT2D eigenvalue weighted by Gasteiger charge is 2.28. The second-order valence-electron chi connectivity index (χ2n) is 10.1. The van der Waals surface area contributed by atoms with Gasteiger partial charge in [-0.2, -0.15) is 0 Å². The zero-order valence-electron chi connectivity index (χ0n) is 20.2. The maximum Gasteiger partial charge on any atom is 0.410 e. The zero-order valence-corrected chi connectivity index (χ0v) is 21.1. The predicted octanol–water partition coefficient (Wildman–Crippen LogP) is 5.09. The van der Waals surface area contributed by atoms with Crippen molar-refractivity contribution in [2.75, 3.05) is 36.9 Å². The van der Waals surface area contributed by atoms with Crippen LogP contribution in [0, 0.1) is 12.8 Å². The number of fused-ring (bicyclic) bond motifs is 1. The normalized spacial score (nSPS) is 16.6. The van der Waals surface area contributed by atoms with Gasteiger partial charge in [-0.05, 0) is 70.6 Å². The summed E-state index contributed by atoms with van der Waals surface area (Å²) in [5.74, 6) is 0.250. The first kappa shape index (κ1) is 23.5. The molecule has 3 heterocycles. The fourth-order valence-corrected chi connectivity index (χ4v) is 5.36. The lowest BCUT2D eigenvalue weighted by Gasteiger charge is -2.33. The second-order valence-corrected chi connectivity index (χ2v) is 11.3. The van der Waals surface area contributed by atoms with Gasteiger partial charge in [-0.3, -0.25) is 4.79 Å². The van der Waals surface area contributed by atoms with E-state index in [2.05, 4.69) is 35.5 Å². The van der Waals surface area contributed by atoms with E-state index >= 15 is 0 Å². The van der Waals surface area contributed by atoms with E-state index in [0.717, 1.165) is 41.9 Å². The molecule has 2 aliphatic heterocycles. The number of amides is 2. The van der Waals surface area contributed by atoms with Gasteiger partial charge in [-0.1, -0.05) is 6.07 Å². The summed E-state index contributed by atoms with van der Waals surface area (Å²) in [7, 11) is 2.12. The average Bonchev–Trinajstić information content (AvgIpc) is 3.29. The van der Waals surface area contributed by atoms with Crippen LogP contribution in [0.1, 0.15) is 50.5 Å². The quantitative estimate of drug-likeness (QED) is 0.674. The zero-order chi connectivity index (χ0) is 23.8. The number of nitrogens with zero attached hydrogens (tertiary/aromatic N) is 3. The van der Waals surface area contributed by atoms with Crippen molar-refractivity contribution in [1.82, 2.24) is 9.88 Å². The molecule has 1 fully saturated rings. The molecule has 33 heavy (non-hydrogen) atoms. The Hall–Kier alpha value is -2.61. The van der Waals surface area contributed by atoms with Crippen LogP contribution in [-0.2, 0) is 16.0 Å². The first-order valence-electron chi connectivity index (χ1n) is 11.7. The summed E-state index contributed by atoms with van der Waals surface area (Å²) >= 11 is 1.52. The summed E-state index contributed by atoms with van der Waals surface area (Å²) in [4.78, 5) is 34.7. The van der Waals surface area contributed by atoms with Crippen molar-refractivity contribution in [2.45, 2.75) is 59.0 Å². The highest BCUT2D eigenvalue weighted by molar-refractivity contribution is 7.16. The van der Waals surface area contributed by atoms with E-state index in [1.165, 1.54) is 22.6 Å². The van der Waals surface area contributed by atoms with Crippen LogP contribution in [0.5, 0.6) is 0 Å². The van der Waals surface area contributed by atoms with Crippen LogP contribution in [-0.4, -0.2) is 54.2 Å². The van der Waals surface area contributed by atoms with Crippen LogP contribution in [0.25, 0.3) is 11.3 Å². The molecule has 0 atom stereocenters. The van der Waals surface area contributed by atoms with E-state index in [1.54, 1.807) is 4.90 Å². The molecule has 2 amide bonds. The molecule has 1 aromatic heterocycles. The van der Waals surface area contributed by atoms with Crippen LogP contribution >= 0.6 is 11.3 Å². The Balaban J connectivity index is 1.31. The van der Waals surface area contributed by atoms with Crippen molar-refractivity contribution in [2.24, 2.45) is 5.92 Å². The molecule has 0 saturated carbocycles. The molecule has 0 radical (unpaired) electrons. The number of hydrogen-bond donors (Lipinski definition) is 1. The lowest BCUT2D eigenvalue weighted by atomic mass is 9.93. The van der Waals surface area contributed by atoms with E-state index in [-0.39, 0.29) is 17.9 Å². The SMILES string of the molecule is Cc1sc(NC(=O)CC2CCN(C(=O)OC(C)(C)C)CC2)nc1-c1ccc2c(c1)CCN2C. The van der Waals surface area contributed by atoms with E-state index in [1.807, 2.05) is 27.7 Å². The molecule has 0 spiro atoms. The minimum absolute atomic E-state index is 0.0124. The van der Waals surface area contributed by atoms with Crippen molar-refractivity contribution in [3.05, 3.63) is 28.6 Å². The number of carbonyl (C=O) groups is 2. The van der Waals surface area contributed by atoms with Gasteiger partial charge in [0.25, 0.3) is 0 Å². The molecule has 0 unspecified atom stereocenters. The second kappa shape index (κ2) is 9.33. The van der Waals surface area contributed by atoms with Crippen molar-refractivity contribution in [1.29, 1.82) is 0 Å². The molecule has 1 saturated heterocycles. The fourth-order valence-electron chi connectivity index (χ4n) is 4.51. The van der Waals surface area contributed by atoms with Gasteiger partial charge in [0.15, 0.2) is 5.13 Å². The number of likely N-dealkylation sites (N-methyl/N-ethyl adjacent to an activating group) is 1. The molecule has 0 bridgehead atoms. The number of ether oxygens (including phenoxy) is 1. The monoisotopic (exact) mass is 470 g/mol. The summed E-state index contributed by atoms with van der Waals surface area (Å²) in [5.41, 5.74) is 4.20. The number of thiazole rings is 1. The maximum atomic E-state index is 12.7. The van der Waals surface area contributed by atoms with Gasteiger partial charge in [0.1, 0.15) is 5.60 Å². The number of benzene rings is 1. The Labute approximate surface area is 200 Å². The number of piperidine rings is 1. The highest BCUT2D eigenvalue weighted by atomic mass is 32.1. The van der Waals surface area contributed by atoms with Crippen molar-refractivity contribution < 1.29 is 14.3 Å². The minimum Gasteiger partial charge on any atom is -0.444 e. The Morgan fingerprint density at radius 1 is 1.21 bits per heavy atom. The van der Waals surface area contributed by atoms with Crippen molar-refractivity contribution in [3.63, 3.8) is 0 Å². The fraction of sp³-hybridized carbons (Fsp3) is 0.560. The molecule has 1 N–H and O–H groups in total. The number of anilines is 2. The number of carbonyl (C=O) groups excluding carboxylic acids is 2. The molecule has 2 aromatic rings. The molecule has 0 aliphatic carbocycles.